The number of hydroxylamine groups is 1. The van der Waals surface area contributed by atoms with Crippen molar-refractivity contribution in [3.05, 3.63) is 35.8 Å². The summed E-state index contributed by atoms with van der Waals surface area (Å²) in [4.78, 5) is 14.2. The molecule has 25 heavy (non-hydrogen) atoms. The molecule has 0 radical (unpaired) electrons. The van der Waals surface area contributed by atoms with E-state index in [2.05, 4.69) is 15.4 Å². The molecule has 0 unspecified atom stereocenters. The Balaban J connectivity index is 2.32. The minimum Gasteiger partial charge on any atom is -0.382 e. The second kappa shape index (κ2) is 7.50. The normalized spacial score (nSPS) is 12.2. The molecule has 0 aliphatic rings. The standard InChI is InChI=1S/C18H23N5O2/c1-4-12(22-24-3)10-23-15(11-25-5-2)21-16-17(23)13-8-6-7-9-14(13)20-18(16)19/h6-10,22H,4-5,11H2,1-3H3,(H2,19,20). The fourth-order valence-corrected chi connectivity index (χ4v) is 2.78. The molecule has 3 rings (SSSR count). The summed E-state index contributed by atoms with van der Waals surface area (Å²) in [5, 5.41) is 0.992. The summed E-state index contributed by atoms with van der Waals surface area (Å²) in [7, 11) is 1.59. The highest BCUT2D eigenvalue weighted by molar-refractivity contribution is 6.07. The molecule has 0 fully saturated rings. The first-order valence-corrected chi connectivity index (χ1v) is 8.32. The molecule has 2 heterocycles. The molecule has 0 spiro atoms. The minimum atomic E-state index is 0.388. The van der Waals surface area contributed by atoms with Crippen LogP contribution in [0.3, 0.4) is 0 Å². The summed E-state index contributed by atoms with van der Waals surface area (Å²) in [6.45, 7) is 5.00. The molecule has 132 valence electrons. The molecule has 3 N–H and O–H groups in total. The lowest BCUT2D eigenvalue weighted by Crippen LogP contribution is -2.12. The highest BCUT2D eigenvalue weighted by Gasteiger charge is 2.16. The van der Waals surface area contributed by atoms with Gasteiger partial charge < -0.3 is 10.5 Å². The molecule has 0 atom stereocenters. The molecule has 0 bridgehead atoms. The number of nitrogens with zero attached hydrogens (tertiary/aromatic N) is 3. The number of imidazole rings is 1. The van der Waals surface area contributed by atoms with Crippen molar-refractivity contribution in [3.63, 3.8) is 0 Å². The molecular weight excluding hydrogens is 318 g/mol. The number of pyridine rings is 1. The van der Waals surface area contributed by atoms with E-state index >= 15 is 0 Å². The van der Waals surface area contributed by atoms with Gasteiger partial charge in [0.1, 0.15) is 17.9 Å². The maximum Gasteiger partial charge on any atom is 0.152 e. The number of benzene rings is 1. The smallest absolute Gasteiger partial charge is 0.152 e. The van der Waals surface area contributed by atoms with Crippen molar-refractivity contribution in [1.29, 1.82) is 0 Å². The first kappa shape index (κ1) is 17.2. The lowest BCUT2D eigenvalue weighted by Gasteiger charge is -2.10. The van der Waals surface area contributed by atoms with Gasteiger partial charge in [-0.2, -0.15) is 0 Å². The van der Waals surface area contributed by atoms with Gasteiger partial charge in [0.2, 0.25) is 0 Å². The Morgan fingerprint density at radius 3 is 2.80 bits per heavy atom. The maximum absolute atomic E-state index is 6.17. The van der Waals surface area contributed by atoms with Gasteiger partial charge in [-0.15, -0.1) is 0 Å². The van der Waals surface area contributed by atoms with Crippen molar-refractivity contribution in [3.8, 4) is 0 Å². The number of para-hydroxylation sites is 1. The zero-order valence-corrected chi connectivity index (χ0v) is 14.7. The molecule has 2 aromatic heterocycles. The zero-order chi connectivity index (χ0) is 17.8. The largest absolute Gasteiger partial charge is 0.382 e. The summed E-state index contributed by atoms with van der Waals surface area (Å²) in [6.07, 6.45) is 2.75. The van der Waals surface area contributed by atoms with Crippen LogP contribution in [0.15, 0.2) is 30.0 Å². The topological polar surface area (TPSA) is 87.2 Å². The second-order valence-corrected chi connectivity index (χ2v) is 5.56. The minimum absolute atomic E-state index is 0.388. The highest BCUT2D eigenvalue weighted by atomic mass is 16.6. The van der Waals surface area contributed by atoms with Gasteiger partial charge in [-0.05, 0) is 19.4 Å². The van der Waals surface area contributed by atoms with E-state index in [9.17, 15) is 0 Å². The van der Waals surface area contributed by atoms with Crippen LogP contribution < -0.4 is 11.2 Å². The van der Waals surface area contributed by atoms with Crippen LogP contribution in [0.4, 0.5) is 5.82 Å². The lowest BCUT2D eigenvalue weighted by molar-refractivity contribution is 0.116. The SMILES string of the molecule is CCOCc1nc2c(N)nc3ccccc3c2n1C=C(CC)NOC. The maximum atomic E-state index is 6.17. The number of anilines is 1. The average molecular weight is 341 g/mol. The van der Waals surface area contributed by atoms with Crippen molar-refractivity contribution in [1.82, 2.24) is 20.0 Å². The summed E-state index contributed by atoms with van der Waals surface area (Å²) < 4.78 is 7.60. The molecule has 0 aliphatic carbocycles. The predicted molar refractivity (Wildman–Crippen MR) is 99.5 cm³/mol. The van der Waals surface area contributed by atoms with Gasteiger partial charge >= 0.3 is 0 Å². The van der Waals surface area contributed by atoms with Crippen molar-refractivity contribution >= 4 is 34.0 Å². The molecular formula is C18H23N5O2. The fourth-order valence-electron chi connectivity index (χ4n) is 2.78. The molecule has 0 saturated carbocycles. The van der Waals surface area contributed by atoms with E-state index in [0.717, 1.165) is 34.4 Å². The lowest BCUT2D eigenvalue weighted by atomic mass is 10.2. The quantitative estimate of drug-likeness (QED) is 0.642. The predicted octanol–water partition coefficient (Wildman–Crippen LogP) is 3.06. The average Bonchev–Trinajstić information content (AvgIpc) is 2.99. The Labute approximate surface area is 146 Å². The van der Waals surface area contributed by atoms with Gasteiger partial charge in [0, 0.05) is 18.2 Å². The van der Waals surface area contributed by atoms with E-state index in [1.807, 2.05) is 48.9 Å². The van der Waals surface area contributed by atoms with Crippen LogP contribution in [0, 0.1) is 0 Å². The molecule has 3 aromatic rings. The third-order valence-corrected chi connectivity index (χ3v) is 3.96. The number of fused-ring (bicyclic) bond motifs is 3. The first-order valence-electron chi connectivity index (χ1n) is 8.32. The van der Waals surface area contributed by atoms with Gasteiger partial charge in [0.25, 0.3) is 0 Å². The zero-order valence-electron chi connectivity index (χ0n) is 14.7. The monoisotopic (exact) mass is 341 g/mol. The molecule has 7 heteroatoms. The summed E-state index contributed by atoms with van der Waals surface area (Å²) in [5.41, 5.74) is 12.4. The van der Waals surface area contributed by atoms with E-state index in [4.69, 9.17) is 15.3 Å². The van der Waals surface area contributed by atoms with Crippen LogP contribution in [-0.2, 0) is 16.2 Å². The Morgan fingerprint density at radius 1 is 1.28 bits per heavy atom. The highest BCUT2D eigenvalue weighted by Crippen LogP contribution is 2.29. The number of rotatable bonds is 7. The van der Waals surface area contributed by atoms with Crippen LogP contribution in [0.25, 0.3) is 28.1 Å². The third-order valence-electron chi connectivity index (χ3n) is 3.96. The molecule has 0 aliphatic heterocycles. The van der Waals surface area contributed by atoms with E-state index in [-0.39, 0.29) is 0 Å². The number of hydrogen-bond acceptors (Lipinski definition) is 6. The van der Waals surface area contributed by atoms with Crippen LogP contribution in [0.5, 0.6) is 0 Å². The van der Waals surface area contributed by atoms with Crippen molar-refractivity contribution in [2.75, 3.05) is 19.5 Å². The van der Waals surface area contributed by atoms with E-state index in [0.29, 0.717) is 24.5 Å². The van der Waals surface area contributed by atoms with Crippen molar-refractivity contribution in [2.24, 2.45) is 0 Å². The Kier molecular flexibility index (Phi) is 5.16. The van der Waals surface area contributed by atoms with E-state index < -0.39 is 0 Å². The van der Waals surface area contributed by atoms with Crippen LogP contribution in [0.2, 0.25) is 0 Å². The van der Waals surface area contributed by atoms with Crippen molar-refractivity contribution in [2.45, 2.75) is 26.9 Å². The van der Waals surface area contributed by atoms with Gasteiger partial charge in [0.05, 0.1) is 23.8 Å². The van der Waals surface area contributed by atoms with Crippen LogP contribution in [0.1, 0.15) is 26.1 Å². The number of hydrogen-bond donors (Lipinski definition) is 2. The van der Waals surface area contributed by atoms with Crippen LogP contribution in [-0.4, -0.2) is 28.3 Å². The van der Waals surface area contributed by atoms with Crippen molar-refractivity contribution < 1.29 is 9.57 Å². The molecule has 1 aromatic carbocycles. The number of nitrogen functional groups attached to an aromatic ring is 1. The molecule has 0 amide bonds. The Hall–Kier alpha value is -2.64. The molecule has 7 nitrogen and oxygen atoms in total. The third kappa shape index (κ3) is 3.29. The summed E-state index contributed by atoms with van der Waals surface area (Å²) in [6, 6.07) is 7.90. The number of allylic oxidation sites excluding steroid dienone is 1. The number of ether oxygens (including phenoxy) is 1. The summed E-state index contributed by atoms with van der Waals surface area (Å²) in [5.74, 6) is 1.18. The van der Waals surface area contributed by atoms with E-state index in [1.54, 1.807) is 7.11 Å². The summed E-state index contributed by atoms with van der Waals surface area (Å²) >= 11 is 0. The van der Waals surface area contributed by atoms with Gasteiger partial charge in [-0.1, -0.05) is 25.1 Å². The van der Waals surface area contributed by atoms with Gasteiger partial charge in [-0.25, -0.2) is 9.97 Å². The van der Waals surface area contributed by atoms with Gasteiger partial charge in [0.15, 0.2) is 5.82 Å². The number of nitrogens with two attached hydrogens (primary N) is 1. The number of nitrogens with one attached hydrogen (secondary N) is 1. The first-order chi connectivity index (χ1) is 12.2. The fraction of sp³-hybridized carbons (Fsp3) is 0.333. The Bertz CT molecular complexity index is 917. The van der Waals surface area contributed by atoms with Gasteiger partial charge in [-0.3, -0.25) is 14.9 Å². The second-order valence-electron chi connectivity index (χ2n) is 5.56. The van der Waals surface area contributed by atoms with E-state index in [1.165, 1.54) is 0 Å². The van der Waals surface area contributed by atoms with Crippen LogP contribution >= 0.6 is 0 Å². The number of aromatic nitrogens is 3. The molecule has 0 saturated heterocycles. The Morgan fingerprint density at radius 2 is 2.08 bits per heavy atom.